The van der Waals surface area contributed by atoms with Gasteiger partial charge in [0.2, 0.25) is 0 Å². The van der Waals surface area contributed by atoms with Gasteiger partial charge in [0.05, 0.1) is 0 Å². The van der Waals surface area contributed by atoms with Crippen molar-refractivity contribution >= 4 is 5.82 Å². The van der Waals surface area contributed by atoms with E-state index in [0.717, 1.165) is 45.0 Å². The fraction of sp³-hybridized carbons (Fsp3) is 0.643. The number of pyridine rings is 1. The van der Waals surface area contributed by atoms with Crippen molar-refractivity contribution < 1.29 is 0 Å². The van der Waals surface area contributed by atoms with Crippen molar-refractivity contribution in [2.24, 2.45) is 5.73 Å². The molecule has 1 aromatic heterocycles. The normalized spacial score (nSPS) is 18.9. The summed E-state index contributed by atoms with van der Waals surface area (Å²) in [5.41, 5.74) is 6.09. The van der Waals surface area contributed by atoms with E-state index in [1.807, 2.05) is 18.3 Å². The average molecular weight is 248 g/mol. The number of hydrogen-bond acceptors (Lipinski definition) is 4. The third-order valence-corrected chi connectivity index (χ3v) is 3.50. The third-order valence-electron chi connectivity index (χ3n) is 3.50. The van der Waals surface area contributed by atoms with Gasteiger partial charge in [-0.1, -0.05) is 19.4 Å². The van der Waals surface area contributed by atoms with Crippen LogP contribution in [0.25, 0.3) is 0 Å². The van der Waals surface area contributed by atoms with E-state index in [4.69, 9.17) is 5.73 Å². The molecule has 0 amide bonds. The second-order valence-electron chi connectivity index (χ2n) is 5.02. The highest BCUT2D eigenvalue weighted by molar-refractivity contribution is 5.38. The Kier molecular flexibility index (Phi) is 4.96. The van der Waals surface area contributed by atoms with Crippen molar-refractivity contribution in [3.63, 3.8) is 0 Å². The van der Waals surface area contributed by atoms with Crippen molar-refractivity contribution in [3.8, 4) is 0 Å². The number of nitrogens with zero attached hydrogens (tertiary/aromatic N) is 3. The van der Waals surface area contributed by atoms with Crippen LogP contribution in [0.1, 0.15) is 19.8 Å². The van der Waals surface area contributed by atoms with Gasteiger partial charge >= 0.3 is 0 Å². The van der Waals surface area contributed by atoms with Crippen LogP contribution in [0, 0.1) is 0 Å². The first kappa shape index (κ1) is 13.3. The number of piperazine rings is 1. The van der Waals surface area contributed by atoms with Gasteiger partial charge < -0.3 is 10.6 Å². The zero-order valence-corrected chi connectivity index (χ0v) is 11.3. The summed E-state index contributed by atoms with van der Waals surface area (Å²) in [6.07, 6.45) is 4.16. The van der Waals surface area contributed by atoms with E-state index < -0.39 is 0 Å². The van der Waals surface area contributed by atoms with E-state index in [0.29, 0.717) is 6.04 Å². The molecule has 0 bridgehead atoms. The van der Waals surface area contributed by atoms with Crippen molar-refractivity contribution in [2.45, 2.75) is 25.8 Å². The molecule has 1 atom stereocenters. The molecule has 4 heteroatoms. The quantitative estimate of drug-likeness (QED) is 0.854. The van der Waals surface area contributed by atoms with Gasteiger partial charge in [-0.25, -0.2) is 4.98 Å². The molecule has 0 saturated carbocycles. The Morgan fingerprint density at radius 3 is 2.67 bits per heavy atom. The minimum atomic E-state index is 0.330. The Morgan fingerprint density at radius 1 is 1.28 bits per heavy atom. The van der Waals surface area contributed by atoms with E-state index in [9.17, 15) is 0 Å². The lowest BCUT2D eigenvalue weighted by atomic mass is 10.1. The molecule has 1 saturated heterocycles. The van der Waals surface area contributed by atoms with E-state index in [1.54, 1.807) is 0 Å². The lowest BCUT2D eigenvalue weighted by Gasteiger charge is -2.36. The topological polar surface area (TPSA) is 45.4 Å². The largest absolute Gasteiger partial charge is 0.354 e. The monoisotopic (exact) mass is 248 g/mol. The van der Waals surface area contributed by atoms with Gasteiger partial charge in [-0.3, -0.25) is 4.90 Å². The number of aromatic nitrogens is 1. The zero-order valence-electron chi connectivity index (χ0n) is 11.3. The van der Waals surface area contributed by atoms with Crippen molar-refractivity contribution in [1.29, 1.82) is 0 Å². The Labute approximate surface area is 110 Å². The fourth-order valence-corrected chi connectivity index (χ4v) is 2.49. The highest BCUT2D eigenvalue weighted by Crippen LogP contribution is 2.12. The first-order chi connectivity index (χ1) is 8.79. The first-order valence-electron chi connectivity index (χ1n) is 6.93. The Morgan fingerprint density at radius 2 is 2.06 bits per heavy atom. The molecule has 4 nitrogen and oxygen atoms in total. The molecule has 0 aromatic carbocycles. The molecule has 1 aromatic rings. The van der Waals surface area contributed by atoms with Crippen LogP contribution in [0.3, 0.4) is 0 Å². The smallest absolute Gasteiger partial charge is 0.128 e. The Balaban J connectivity index is 1.78. The fourth-order valence-electron chi connectivity index (χ4n) is 2.49. The highest BCUT2D eigenvalue weighted by atomic mass is 15.3. The van der Waals surface area contributed by atoms with Crippen LogP contribution in [0.2, 0.25) is 0 Å². The number of rotatable bonds is 5. The van der Waals surface area contributed by atoms with E-state index >= 15 is 0 Å². The molecule has 0 spiro atoms. The first-order valence-corrected chi connectivity index (χ1v) is 6.93. The van der Waals surface area contributed by atoms with Gasteiger partial charge in [0, 0.05) is 45.0 Å². The van der Waals surface area contributed by atoms with Crippen molar-refractivity contribution in [2.75, 3.05) is 37.6 Å². The van der Waals surface area contributed by atoms with Crippen LogP contribution in [-0.4, -0.2) is 48.6 Å². The standard InChI is InChI=1S/C14H24N4/c1-2-5-13(15)12-17-8-10-18(11-9-17)14-6-3-4-7-16-14/h3-4,6-7,13H,2,5,8-12,15H2,1H3/t13-/m0/s1. The average Bonchev–Trinajstić information content (AvgIpc) is 2.41. The summed E-state index contributed by atoms with van der Waals surface area (Å²) in [5, 5.41) is 0. The van der Waals surface area contributed by atoms with Gasteiger partial charge in [-0.05, 0) is 18.6 Å². The molecule has 0 aliphatic carbocycles. The molecule has 100 valence electrons. The Bertz CT molecular complexity index is 333. The molecule has 1 aliphatic heterocycles. The molecule has 18 heavy (non-hydrogen) atoms. The summed E-state index contributed by atoms with van der Waals surface area (Å²) in [7, 11) is 0. The van der Waals surface area contributed by atoms with Crippen LogP contribution in [0.15, 0.2) is 24.4 Å². The lowest BCUT2D eigenvalue weighted by molar-refractivity contribution is 0.238. The summed E-state index contributed by atoms with van der Waals surface area (Å²) in [4.78, 5) is 9.22. The molecule has 2 heterocycles. The SMILES string of the molecule is CCC[C@H](N)CN1CCN(c2ccccn2)CC1. The Hall–Kier alpha value is -1.13. The summed E-state index contributed by atoms with van der Waals surface area (Å²) < 4.78 is 0. The van der Waals surface area contributed by atoms with Gasteiger partial charge in [0.1, 0.15) is 5.82 Å². The molecule has 0 unspecified atom stereocenters. The second-order valence-corrected chi connectivity index (χ2v) is 5.02. The zero-order chi connectivity index (χ0) is 12.8. The number of hydrogen-bond donors (Lipinski definition) is 1. The maximum atomic E-state index is 6.09. The summed E-state index contributed by atoms with van der Waals surface area (Å²) in [6, 6.07) is 6.42. The molecule has 1 aliphatic rings. The van der Waals surface area contributed by atoms with Crippen LogP contribution in [0.4, 0.5) is 5.82 Å². The second kappa shape index (κ2) is 6.71. The molecule has 0 radical (unpaired) electrons. The minimum absolute atomic E-state index is 0.330. The maximum absolute atomic E-state index is 6.09. The van der Waals surface area contributed by atoms with Gasteiger partial charge in [0.15, 0.2) is 0 Å². The predicted molar refractivity (Wildman–Crippen MR) is 75.8 cm³/mol. The van der Waals surface area contributed by atoms with Gasteiger partial charge in [0.25, 0.3) is 0 Å². The highest BCUT2D eigenvalue weighted by Gasteiger charge is 2.18. The number of nitrogens with two attached hydrogens (primary N) is 1. The van der Waals surface area contributed by atoms with Gasteiger partial charge in [-0.15, -0.1) is 0 Å². The minimum Gasteiger partial charge on any atom is -0.354 e. The number of anilines is 1. The summed E-state index contributed by atoms with van der Waals surface area (Å²) >= 11 is 0. The molecule has 2 N–H and O–H groups in total. The third kappa shape index (κ3) is 3.68. The van der Waals surface area contributed by atoms with Crippen molar-refractivity contribution in [1.82, 2.24) is 9.88 Å². The van der Waals surface area contributed by atoms with Crippen LogP contribution in [-0.2, 0) is 0 Å². The van der Waals surface area contributed by atoms with E-state index in [2.05, 4.69) is 27.8 Å². The van der Waals surface area contributed by atoms with Crippen LogP contribution < -0.4 is 10.6 Å². The van der Waals surface area contributed by atoms with Gasteiger partial charge in [-0.2, -0.15) is 0 Å². The summed E-state index contributed by atoms with van der Waals surface area (Å²) in [6.45, 7) is 7.51. The molecule has 2 rings (SSSR count). The van der Waals surface area contributed by atoms with Crippen molar-refractivity contribution in [3.05, 3.63) is 24.4 Å². The summed E-state index contributed by atoms with van der Waals surface area (Å²) in [5.74, 6) is 1.09. The van der Waals surface area contributed by atoms with E-state index in [1.165, 1.54) is 6.42 Å². The predicted octanol–water partition coefficient (Wildman–Crippen LogP) is 1.33. The van der Waals surface area contributed by atoms with E-state index in [-0.39, 0.29) is 0 Å². The van der Waals surface area contributed by atoms with Crippen LogP contribution >= 0.6 is 0 Å². The molecule has 1 fully saturated rings. The molecular formula is C14H24N4. The molecular weight excluding hydrogens is 224 g/mol. The maximum Gasteiger partial charge on any atom is 0.128 e. The van der Waals surface area contributed by atoms with Crippen LogP contribution in [0.5, 0.6) is 0 Å². The lowest BCUT2D eigenvalue weighted by Crippen LogP contribution is -2.50.